The van der Waals surface area contributed by atoms with Crippen molar-refractivity contribution >= 4 is 39.2 Å². The summed E-state index contributed by atoms with van der Waals surface area (Å²) in [7, 11) is 0. The van der Waals surface area contributed by atoms with Crippen LogP contribution in [-0.2, 0) is 11.2 Å². The van der Waals surface area contributed by atoms with Crippen molar-refractivity contribution in [1.29, 1.82) is 0 Å². The number of benzene rings is 1. The molecule has 0 spiro atoms. The first-order valence-electron chi connectivity index (χ1n) is 16.4. The van der Waals surface area contributed by atoms with E-state index in [4.69, 9.17) is 26.1 Å². The number of hydrogen-bond acceptors (Lipinski definition) is 8. The van der Waals surface area contributed by atoms with Gasteiger partial charge in [0.1, 0.15) is 29.8 Å². The molecule has 8 heterocycles. The molecule has 3 fully saturated rings. The van der Waals surface area contributed by atoms with Gasteiger partial charge in [-0.25, -0.2) is 13.2 Å². The first-order valence-corrected chi connectivity index (χ1v) is 16.7. The molecule has 0 radical (unpaired) electrons. The van der Waals surface area contributed by atoms with E-state index >= 15 is 8.78 Å². The van der Waals surface area contributed by atoms with Gasteiger partial charge in [-0.2, -0.15) is 15.1 Å². The van der Waals surface area contributed by atoms with Crippen molar-refractivity contribution in [3.05, 3.63) is 34.9 Å². The Bertz CT molecular complexity index is 1790. The summed E-state index contributed by atoms with van der Waals surface area (Å²) in [6.45, 7) is 2.31. The molecule has 9 nitrogen and oxygen atoms in total. The fourth-order valence-corrected chi connectivity index (χ4v) is 8.37. The van der Waals surface area contributed by atoms with Crippen LogP contribution in [0.3, 0.4) is 0 Å². The molecule has 9 rings (SSSR count). The van der Waals surface area contributed by atoms with E-state index in [0.717, 1.165) is 31.4 Å². The number of alkyl halides is 2. The topological polar surface area (TPSA) is 92.3 Å². The maximum absolute atomic E-state index is 17.0. The molecular formula is C33H37ClF3N7O2. The highest BCUT2D eigenvalue weighted by Crippen LogP contribution is 2.42. The SMILES string of the molecule is Fc1c2ncc3c(nc(OC[C@@]45CCCN4C[C@H](F)C5)nc13)N1CCCCC(F)(COCCCCc3c(Cl)cc4[nH]ncc4c3-2)C1. The molecule has 0 saturated carbocycles. The van der Waals surface area contributed by atoms with E-state index in [9.17, 15) is 4.39 Å². The van der Waals surface area contributed by atoms with Crippen LogP contribution in [0.15, 0.2) is 18.5 Å². The Morgan fingerprint density at radius 3 is 2.91 bits per heavy atom. The van der Waals surface area contributed by atoms with Gasteiger partial charge in [0.05, 0.1) is 35.8 Å². The molecule has 1 unspecified atom stereocenters. The Labute approximate surface area is 269 Å². The number of nitrogens with one attached hydrogen (secondary N) is 1. The summed E-state index contributed by atoms with van der Waals surface area (Å²) >= 11 is 6.80. The van der Waals surface area contributed by atoms with Crippen LogP contribution >= 0.6 is 11.6 Å². The van der Waals surface area contributed by atoms with E-state index in [0.29, 0.717) is 90.9 Å². The van der Waals surface area contributed by atoms with Gasteiger partial charge >= 0.3 is 6.01 Å². The summed E-state index contributed by atoms with van der Waals surface area (Å²) in [5.41, 5.74) is 0.0592. The first kappa shape index (κ1) is 30.1. The van der Waals surface area contributed by atoms with Crippen LogP contribution in [-0.4, -0.2) is 93.4 Å². The first-order chi connectivity index (χ1) is 22.3. The predicted octanol–water partition coefficient (Wildman–Crippen LogP) is 6.37. The van der Waals surface area contributed by atoms with Crippen molar-refractivity contribution in [2.24, 2.45) is 0 Å². The lowest BCUT2D eigenvalue weighted by Crippen LogP contribution is -2.44. The Hall–Kier alpha value is -3.22. The third kappa shape index (κ3) is 5.26. The standard InChI is InChI=1S/C33H37ClF3N7O2/c34-24-12-25-22(15-39-42-25)26-21(24)6-1-4-11-45-18-32(37)7-2-3-9-43(17-32)30-23-14-38-29(26)27(36)28(23)40-31(41-30)46-19-33-8-5-10-44(33)16-20(35)13-33/h12,14-15,20H,1-11,13,16-19H2,(H,39,42)/t20-,32?,33+/m1/s1. The third-order valence-electron chi connectivity index (χ3n) is 10.3. The average Bonchev–Trinajstić information content (AvgIpc) is 3.69. The fourth-order valence-electron chi connectivity index (χ4n) is 8.07. The van der Waals surface area contributed by atoms with Gasteiger partial charge in [-0.3, -0.25) is 15.0 Å². The van der Waals surface area contributed by atoms with Crippen molar-refractivity contribution in [3.8, 4) is 17.3 Å². The highest BCUT2D eigenvalue weighted by atomic mass is 35.5. The number of halogens is 4. The number of hydrogen-bond donors (Lipinski definition) is 1. The molecule has 1 N–H and O–H groups in total. The number of aromatic nitrogens is 5. The summed E-state index contributed by atoms with van der Waals surface area (Å²) in [6.07, 6.45) is 8.19. The second-order valence-corrected chi connectivity index (χ2v) is 13.9. The lowest BCUT2D eigenvalue weighted by Gasteiger charge is -2.32. The van der Waals surface area contributed by atoms with E-state index in [-0.39, 0.29) is 37.0 Å². The van der Waals surface area contributed by atoms with E-state index in [1.165, 1.54) is 0 Å². The highest BCUT2D eigenvalue weighted by Gasteiger charge is 2.49. The molecule has 3 atom stereocenters. The van der Waals surface area contributed by atoms with E-state index < -0.39 is 23.2 Å². The zero-order valence-electron chi connectivity index (χ0n) is 25.6. The van der Waals surface area contributed by atoms with Gasteiger partial charge in [0.2, 0.25) is 0 Å². The predicted molar refractivity (Wildman–Crippen MR) is 170 cm³/mol. The molecule has 5 aliphatic heterocycles. The van der Waals surface area contributed by atoms with Crippen LogP contribution in [0.5, 0.6) is 6.01 Å². The van der Waals surface area contributed by atoms with Crippen LogP contribution < -0.4 is 9.64 Å². The molecular weight excluding hydrogens is 619 g/mol. The summed E-state index contributed by atoms with van der Waals surface area (Å²) in [4.78, 5) is 18.1. The molecule has 0 aliphatic carbocycles. The zero-order chi connectivity index (χ0) is 31.5. The summed E-state index contributed by atoms with van der Waals surface area (Å²) in [5.74, 6) is -0.275. The monoisotopic (exact) mass is 655 g/mol. The molecule has 4 aromatic rings. The molecule has 244 valence electrons. The van der Waals surface area contributed by atoms with Crippen LogP contribution in [0.25, 0.3) is 33.1 Å². The normalized spacial score (nSPS) is 27.4. The molecule has 46 heavy (non-hydrogen) atoms. The molecule has 1 aromatic carbocycles. The molecule has 6 bridgehead atoms. The van der Waals surface area contributed by atoms with Crippen molar-refractivity contribution in [1.82, 2.24) is 30.0 Å². The van der Waals surface area contributed by atoms with Crippen molar-refractivity contribution in [3.63, 3.8) is 0 Å². The zero-order valence-corrected chi connectivity index (χ0v) is 26.4. The van der Waals surface area contributed by atoms with Gasteiger partial charge in [-0.05, 0) is 69.5 Å². The van der Waals surface area contributed by atoms with Gasteiger partial charge in [-0.1, -0.05) is 11.6 Å². The summed E-state index contributed by atoms with van der Waals surface area (Å²) in [6, 6.07) is 1.78. The Morgan fingerprint density at radius 1 is 1.09 bits per heavy atom. The molecule has 5 aliphatic rings. The number of fused-ring (bicyclic) bond motifs is 8. The minimum Gasteiger partial charge on any atom is -0.461 e. The largest absolute Gasteiger partial charge is 0.461 e. The van der Waals surface area contributed by atoms with Crippen LogP contribution in [0, 0.1) is 5.82 Å². The van der Waals surface area contributed by atoms with Gasteiger partial charge in [0.25, 0.3) is 0 Å². The van der Waals surface area contributed by atoms with Gasteiger partial charge < -0.3 is 14.4 Å². The van der Waals surface area contributed by atoms with Crippen LogP contribution in [0.1, 0.15) is 56.9 Å². The number of anilines is 1. The maximum atomic E-state index is 17.0. The van der Waals surface area contributed by atoms with E-state index in [2.05, 4.69) is 25.1 Å². The molecule has 3 aromatic heterocycles. The molecule has 13 heteroatoms. The number of rotatable bonds is 3. The quantitative estimate of drug-likeness (QED) is 0.272. The van der Waals surface area contributed by atoms with Crippen LogP contribution in [0.2, 0.25) is 5.02 Å². The molecule has 0 amide bonds. The number of nitrogens with zero attached hydrogens (tertiary/aromatic N) is 6. The van der Waals surface area contributed by atoms with Crippen molar-refractivity contribution in [2.75, 3.05) is 50.9 Å². The van der Waals surface area contributed by atoms with Gasteiger partial charge in [0, 0.05) is 48.3 Å². The lowest BCUT2D eigenvalue weighted by molar-refractivity contribution is 0.0142. The van der Waals surface area contributed by atoms with Gasteiger partial charge in [0.15, 0.2) is 11.5 Å². The second kappa shape index (κ2) is 11.8. The van der Waals surface area contributed by atoms with E-state index in [1.54, 1.807) is 18.5 Å². The fraction of sp³-hybridized carbons (Fsp3) is 0.576. The maximum Gasteiger partial charge on any atom is 0.319 e. The number of ether oxygens (including phenoxy) is 2. The lowest BCUT2D eigenvalue weighted by atomic mass is 9.95. The number of aromatic amines is 1. The minimum absolute atomic E-state index is 0.0204. The minimum atomic E-state index is -1.61. The Morgan fingerprint density at radius 2 is 2.00 bits per heavy atom. The average molecular weight is 656 g/mol. The van der Waals surface area contributed by atoms with Crippen molar-refractivity contribution in [2.45, 2.75) is 75.2 Å². The van der Waals surface area contributed by atoms with Crippen LogP contribution in [0.4, 0.5) is 19.0 Å². The smallest absolute Gasteiger partial charge is 0.319 e. The third-order valence-corrected chi connectivity index (χ3v) is 10.7. The summed E-state index contributed by atoms with van der Waals surface area (Å²) < 4.78 is 60.2. The number of H-pyrrole nitrogens is 1. The molecule has 3 saturated heterocycles. The second-order valence-electron chi connectivity index (χ2n) is 13.5. The van der Waals surface area contributed by atoms with Crippen molar-refractivity contribution < 1.29 is 22.6 Å². The summed E-state index contributed by atoms with van der Waals surface area (Å²) in [5, 5.41) is 8.69. The van der Waals surface area contributed by atoms with Gasteiger partial charge in [-0.15, -0.1) is 0 Å². The Balaban J connectivity index is 1.30. The van der Waals surface area contributed by atoms with E-state index in [1.807, 2.05) is 4.90 Å². The Kier molecular flexibility index (Phi) is 7.72. The highest BCUT2D eigenvalue weighted by molar-refractivity contribution is 6.33. The number of pyridine rings is 1.